The summed E-state index contributed by atoms with van der Waals surface area (Å²) < 4.78 is 12.5. The summed E-state index contributed by atoms with van der Waals surface area (Å²) in [6.45, 7) is 2.41. The summed E-state index contributed by atoms with van der Waals surface area (Å²) >= 11 is 0. The van der Waals surface area contributed by atoms with Gasteiger partial charge in [-0.3, -0.25) is 4.68 Å². The number of aromatic nitrogens is 2. The molecule has 0 aliphatic rings. The van der Waals surface area contributed by atoms with Crippen LogP contribution in [0.2, 0.25) is 0 Å². The molecule has 0 radical (unpaired) electrons. The lowest BCUT2D eigenvalue weighted by Crippen LogP contribution is -2.23. The first-order chi connectivity index (χ1) is 9.78. The second-order valence-corrected chi connectivity index (χ2v) is 4.55. The molecule has 0 saturated carbocycles. The topological polar surface area (TPSA) is 48.3 Å². The first-order valence-corrected chi connectivity index (χ1v) is 6.73. The Labute approximate surface area is 119 Å². The number of benzene rings is 1. The number of hydrogen-bond donors (Lipinski definition) is 1. The molecule has 0 spiro atoms. The zero-order valence-corrected chi connectivity index (χ0v) is 12.0. The van der Waals surface area contributed by atoms with Gasteiger partial charge in [0.25, 0.3) is 0 Å². The maximum atomic E-state index is 5.63. The van der Waals surface area contributed by atoms with Crippen molar-refractivity contribution in [1.82, 2.24) is 15.1 Å². The van der Waals surface area contributed by atoms with Crippen molar-refractivity contribution in [3.8, 4) is 11.5 Å². The van der Waals surface area contributed by atoms with Gasteiger partial charge in [-0.15, -0.1) is 0 Å². The van der Waals surface area contributed by atoms with E-state index in [2.05, 4.69) is 10.4 Å². The van der Waals surface area contributed by atoms with Crippen molar-refractivity contribution < 1.29 is 9.47 Å². The zero-order chi connectivity index (χ0) is 14.2. The number of nitrogens with zero attached hydrogens (tertiary/aromatic N) is 2. The Bertz CT molecular complexity index is 508. The molecule has 0 aliphatic heterocycles. The van der Waals surface area contributed by atoms with Crippen LogP contribution in [0.5, 0.6) is 11.5 Å². The first-order valence-electron chi connectivity index (χ1n) is 6.73. The molecule has 1 heterocycles. The van der Waals surface area contributed by atoms with Gasteiger partial charge in [-0.1, -0.05) is 0 Å². The summed E-state index contributed by atoms with van der Waals surface area (Å²) in [5.74, 6) is 1.70. The fraction of sp³-hybridized carbons (Fsp3) is 0.400. The zero-order valence-electron chi connectivity index (χ0n) is 12.0. The molecular weight excluding hydrogens is 254 g/mol. The second-order valence-electron chi connectivity index (χ2n) is 4.55. The Balaban J connectivity index is 1.57. The van der Waals surface area contributed by atoms with E-state index in [1.807, 2.05) is 48.4 Å². The standard InChI is InChI=1S/C15H21N3O2/c1-18-12-13(11-17-18)7-8-16-9-10-20-15-5-3-14(19-2)4-6-15/h3-6,11-12,16H,7-10H2,1-2H3. The summed E-state index contributed by atoms with van der Waals surface area (Å²) in [4.78, 5) is 0. The molecule has 1 aromatic carbocycles. The fourth-order valence-electron chi connectivity index (χ4n) is 1.87. The van der Waals surface area contributed by atoms with Gasteiger partial charge in [-0.25, -0.2) is 0 Å². The molecule has 1 aromatic heterocycles. The van der Waals surface area contributed by atoms with Gasteiger partial charge in [0.15, 0.2) is 0 Å². The van der Waals surface area contributed by atoms with E-state index < -0.39 is 0 Å². The Morgan fingerprint density at radius 3 is 2.55 bits per heavy atom. The second kappa shape index (κ2) is 7.55. The van der Waals surface area contributed by atoms with Crippen LogP contribution in [0.25, 0.3) is 0 Å². The number of hydrogen-bond acceptors (Lipinski definition) is 4. The van der Waals surface area contributed by atoms with E-state index in [1.165, 1.54) is 5.56 Å². The van der Waals surface area contributed by atoms with Gasteiger partial charge >= 0.3 is 0 Å². The van der Waals surface area contributed by atoms with E-state index in [9.17, 15) is 0 Å². The highest BCUT2D eigenvalue weighted by Crippen LogP contribution is 2.16. The van der Waals surface area contributed by atoms with Crippen LogP contribution in [0.3, 0.4) is 0 Å². The van der Waals surface area contributed by atoms with Crippen LogP contribution in [0.4, 0.5) is 0 Å². The molecule has 2 rings (SSSR count). The van der Waals surface area contributed by atoms with Crippen LogP contribution in [-0.4, -0.2) is 36.6 Å². The van der Waals surface area contributed by atoms with Gasteiger partial charge in [0.1, 0.15) is 18.1 Å². The minimum absolute atomic E-state index is 0.652. The van der Waals surface area contributed by atoms with Crippen molar-refractivity contribution in [1.29, 1.82) is 0 Å². The monoisotopic (exact) mass is 275 g/mol. The average Bonchev–Trinajstić information content (AvgIpc) is 2.89. The quantitative estimate of drug-likeness (QED) is 0.744. The molecule has 5 heteroatoms. The van der Waals surface area contributed by atoms with Crippen LogP contribution >= 0.6 is 0 Å². The summed E-state index contributed by atoms with van der Waals surface area (Å²) in [6, 6.07) is 7.61. The molecule has 1 N–H and O–H groups in total. The largest absolute Gasteiger partial charge is 0.497 e. The normalized spacial score (nSPS) is 10.5. The molecule has 108 valence electrons. The molecular formula is C15H21N3O2. The summed E-state index contributed by atoms with van der Waals surface area (Å²) in [7, 11) is 3.58. The SMILES string of the molecule is COc1ccc(OCCNCCc2cnn(C)c2)cc1. The Morgan fingerprint density at radius 2 is 1.90 bits per heavy atom. The molecule has 2 aromatic rings. The molecule has 5 nitrogen and oxygen atoms in total. The van der Waals surface area contributed by atoms with Crippen LogP contribution < -0.4 is 14.8 Å². The van der Waals surface area contributed by atoms with Crippen molar-refractivity contribution in [2.45, 2.75) is 6.42 Å². The van der Waals surface area contributed by atoms with E-state index in [4.69, 9.17) is 9.47 Å². The number of ether oxygens (including phenoxy) is 2. The Hall–Kier alpha value is -2.01. The minimum atomic E-state index is 0.652. The van der Waals surface area contributed by atoms with Crippen LogP contribution in [0.15, 0.2) is 36.7 Å². The van der Waals surface area contributed by atoms with Crippen LogP contribution in [-0.2, 0) is 13.5 Å². The average molecular weight is 275 g/mol. The fourth-order valence-corrected chi connectivity index (χ4v) is 1.87. The maximum absolute atomic E-state index is 5.63. The highest BCUT2D eigenvalue weighted by Gasteiger charge is 1.97. The maximum Gasteiger partial charge on any atom is 0.119 e. The highest BCUT2D eigenvalue weighted by molar-refractivity contribution is 5.31. The molecule has 0 bridgehead atoms. The summed E-state index contributed by atoms with van der Waals surface area (Å²) in [6.07, 6.45) is 4.92. The number of nitrogens with one attached hydrogen (secondary N) is 1. The molecule has 0 unspecified atom stereocenters. The van der Waals surface area contributed by atoms with E-state index in [0.717, 1.165) is 31.0 Å². The van der Waals surface area contributed by atoms with Crippen molar-refractivity contribution in [2.24, 2.45) is 7.05 Å². The van der Waals surface area contributed by atoms with Crippen LogP contribution in [0, 0.1) is 0 Å². The molecule has 0 fully saturated rings. The lowest BCUT2D eigenvalue weighted by atomic mass is 10.2. The third kappa shape index (κ3) is 4.59. The Morgan fingerprint density at radius 1 is 1.15 bits per heavy atom. The van der Waals surface area contributed by atoms with Gasteiger partial charge < -0.3 is 14.8 Å². The molecule has 0 saturated heterocycles. The Kier molecular flexibility index (Phi) is 5.43. The van der Waals surface area contributed by atoms with Gasteiger partial charge in [-0.2, -0.15) is 5.10 Å². The van der Waals surface area contributed by atoms with Gasteiger partial charge in [0.05, 0.1) is 13.3 Å². The van der Waals surface area contributed by atoms with Gasteiger partial charge in [0, 0.05) is 19.8 Å². The van der Waals surface area contributed by atoms with Crippen molar-refractivity contribution in [3.63, 3.8) is 0 Å². The van der Waals surface area contributed by atoms with E-state index in [0.29, 0.717) is 6.61 Å². The minimum Gasteiger partial charge on any atom is -0.497 e. The van der Waals surface area contributed by atoms with E-state index in [-0.39, 0.29) is 0 Å². The van der Waals surface area contributed by atoms with Crippen LogP contribution in [0.1, 0.15) is 5.56 Å². The van der Waals surface area contributed by atoms with E-state index >= 15 is 0 Å². The predicted octanol–water partition coefficient (Wildman–Crippen LogP) is 1.64. The lowest BCUT2D eigenvalue weighted by molar-refractivity contribution is 0.313. The molecule has 20 heavy (non-hydrogen) atoms. The third-order valence-electron chi connectivity index (χ3n) is 2.96. The predicted molar refractivity (Wildman–Crippen MR) is 78.3 cm³/mol. The molecule has 0 atom stereocenters. The van der Waals surface area contributed by atoms with Crippen molar-refractivity contribution in [3.05, 3.63) is 42.2 Å². The summed E-state index contributed by atoms with van der Waals surface area (Å²) in [5.41, 5.74) is 1.25. The van der Waals surface area contributed by atoms with Gasteiger partial charge in [0.2, 0.25) is 0 Å². The smallest absolute Gasteiger partial charge is 0.119 e. The van der Waals surface area contributed by atoms with Crippen molar-refractivity contribution in [2.75, 3.05) is 26.8 Å². The van der Waals surface area contributed by atoms with E-state index in [1.54, 1.807) is 7.11 Å². The number of rotatable bonds is 8. The molecule has 0 amide bonds. The third-order valence-corrected chi connectivity index (χ3v) is 2.96. The summed E-state index contributed by atoms with van der Waals surface area (Å²) in [5, 5.41) is 7.49. The lowest BCUT2D eigenvalue weighted by Gasteiger charge is -2.07. The number of aryl methyl sites for hydroxylation is 1. The number of methoxy groups -OCH3 is 1. The van der Waals surface area contributed by atoms with Crippen molar-refractivity contribution >= 4 is 0 Å². The first kappa shape index (κ1) is 14.4. The highest BCUT2D eigenvalue weighted by atomic mass is 16.5. The van der Waals surface area contributed by atoms with Gasteiger partial charge in [-0.05, 0) is 42.8 Å². The molecule has 0 aliphatic carbocycles.